The van der Waals surface area contributed by atoms with Crippen LogP contribution in [0.1, 0.15) is 62.1 Å². The summed E-state index contributed by atoms with van der Waals surface area (Å²) in [7, 11) is 0. The summed E-state index contributed by atoms with van der Waals surface area (Å²) >= 11 is 0. The van der Waals surface area contributed by atoms with E-state index in [0.29, 0.717) is 18.1 Å². The molecule has 0 unspecified atom stereocenters. The van der Waals surface area contributed by atoms with Gasteiger partial charge in [0.2, 0.25) is 6.41 Å². The lowest BCUT2D eigenvalue weighted by Crippen LogP contribution is -2.40. The van der Waals surface area contributed by atoms with Crippen LogP contribution in [-0.2, 0) is 24.1 Å². The smallest absolute Gasteiger partial charge is 0.211 e. The molecule has 0 saturated heterocycles. The summed E-state index contributed by atoms with van der Waals surface area (Å²) in [6.07, 6.45) is 11.0. The van der Waals surface area contributed by atoms with Crippen molar-refractivity contribution in [1.82, 2.24) is 10.2 Å². The molecule has 5 heteroatoms. The third-order valence-corrected chi connectivity index (χ3v) is 6.78. The van der Waals surface area contributed by atoms with Crippen molar-refractivity contribution in [2.24, 2.45) is 0 Å². The first-order valence-electron chi connectivity index (χ1n) is 12.8. The van der Waals surface area contributed by atoms with Crippen molar-refractivity contribution in [3.63, 3.8) is 0 Å². The molecule has 3 N–H and O–H groups in total. The molecule has 1 aliphatic rings. The standard InChI is InChI=1S/C28H41N3O2/c1-2-19-31(20-9-4-3-8-17-29-18-16-23-10-6-5-7-11-23)25-13-14-26-24(21-25)12-15-27(33)28(26)30-22-32/h5-7,10-12,15,22,25,29,33H,2-4,8-9,13-14,16-21H2,1H3,(H,30,32)/t25-/m0/s1. The average Bonchev–Trinajstić information content (AvgIpc) is 2.84. The Hall–Kier alpha value is -2.37. The van der Waals surface area contributed by atoms with Crippen LogP contribution in [0, 0.1) is 0 Å². The predicted octanol–water partition coefficient (Wildman–Crippen LogP) is 4.92. The van der Waals surface area contributed by atoms with Gasteiger partial charge < -0.3 is 20.6 Å². The number of benzene rings is 2. The first-order valence-corrected chi connectivity index (χ1v) is 12.8. The highest BCUT2D eigenvalue weighted by molar-refractivity contribution is 5.78. The Morgan fingerprint density at radius 3 is 2.64 bits per heavy atom. The van der Waals surface area contributed by atoms with Crippen molar-refractivity contribution in [1.29, 1.82) is 0 Å². The third-order valence-electron chi connectivity index (χ3n) is 6.78. The molecule has 1 aliphatic carbocycles. The molecular formula is C28H41N3O2. The van der Waals surface area contributed by atoms with Gasteiger partial charge in [-0.3, -0.25) is 4.79 Å². The molecule has 0 spiro atoms. The maximum atomic E-state index is 10.9. The summed E-state index contributed by atoms with van der Waals surface area (Å²) in [5.74, 6) is 0.166. The molecular weight excluding hydrogens is 410 g/mol. The average molecular weight is 452 g/mol. The quantitative estimate of drug-likeness (QED) is 0.204. The van der Waals surface area contributed by atoms with Crippen molar-refractivity contribution >= 4 is 12.1 Å². The lowest BCUT2D eigenvalue weighted by atomic mass is 9.86. The van der Waals surface area contributed by atoms with E-state index in [2.05, 4.69) is 52.8 Å². The van der Waals surface area contributed by atoms with E-state index in [9.17, 15) is 9.90 Å². The topological polar surface area (TPSA) is 64.6 Å². The van der Waals surface area contributed by atoms with Gasteiger partial charge in [0.25, 0.3) is 0 Å². The number of amides is 1. The van der Waals surface area contributed by atoms with E-state index >= 15 is 0 Å². The zero-order valence-electron chi connectivity index (χ0n) is 20.2. The van der Waals surface area contributed by atoms with Gasteiger partial charge >= 0.3 is 0 Å². The minimum absolute atomic E-state index is 0.166. The van der Waals surface area contributed by atoms with Crippen LogP contribution in [0.3, 0.4) is 0 Å². The van der Waals surface area contributed by atoms with Crippen LogP contribution < -0.4 is 10.6 Å². The molecule has 33 heavy (non-hydrogen) atoms. The van der Waals surface area contributed by atoms with Crippen molar-refractivity contribution in [3.8, 4) is 5.75 Å². The maximum Gasteiger partial charge on any atom is 0.211 e. The molecule has 0 saturated carbocycles. The second-order valence-electron chi connectivity index (χ2n) is 9.19. The molecule has 5 nitrogen and oxygen atoms in total. The number of anilines is 1. The van der Waals surface area contributed by atoms with Gasteiger partial charge in [-0.15, -0.1) is 0 Å². The van der Waals surface area contributed by atoms with Crippen molar-refractivity contribution in [3.05, 3.63) is 59.2 Å². The fourth-order valence-corrected chi connectivity index (χ4v) is 5.04. The molecule has 0 bridgehead atoms. The fourth-order valence-electron chi connectivity index (χ4n) is 5.04. The van der Waals surface area contributed by atoms with Gasteiger partial charge in [-0.05, 0) is 93.9 Å². The number of phenolic OH excluding ortho intramolecular Hbond substituents is 1. The van der Waals surface area contributed by atoms with Crippen LogP contribution in [0.15, 0.2) is 42.5 Å². The Morgan fingerprint density at radius 2 is 1.85 bits per heavy atom. The second kappa shape index (κ2) is 14.0. The number of nitrogens with zero attached hydrogens (tertiary/aromatic N) is 1. The Labute approximate surface area is 199 Å². The number of phenols is 1. The number of carbonyl (C=O) groups is 1. The van der Waals surface area contributed by atoms with E-state index in [-0.39, 0.29) is 5.75 Å². The molecule has 0 heterocycles. The molecule has 0 aliphatic heterocycles. The number of aromatic hydroxyl groups is 1. The molecule has 1 atom stereocenters. The van der Waals surface area contributed by atoms with Crippen molar-refractivity contribution in [2.75, 3.05) is 31.5 Å². The molecule has 3 rings (SSSR count). The monoisotopic (exact) mass is 451 g/mol. The highest BCUT2D eigenvalue weighted by atomic mass is 16.3. The molecule has 0 fully saturated rings. The first-order chi connectivity index (χ1) is 16.2. The third kappa shape index (κ3) is 7.86. The summed E-state index contributed by atoms with van der Waals surface area (Å²) in [4.78, 5) is 13.6. The normalized spacial score (nSPS) is 15.4. The fraction of sp³-hybridized carbons (Fsp3) is 0.536. The number of nitrogens with one attached hydrogen (secondary N) is 2. The minimum Gasteiger partial charge on any atom is -0.506 e. The summed E-state index contributed by atoms with van der Waals surface area (Å²) in [5, 5.41) is 16.4. The van der Waals surface area contributed by atoms with Crippen LogP contribution in [0.4, 0.5) is 5.69 Å². The Balaban J connectivity index is 1.35. The second-order valence-corrected chi connectivity index (χ2v) is 9.19. The molecule has 2 aromatic carbocycles. The van der Waals surface area contributed by atoms with Crippen LogP contribution in [0.5, 0.6) is 5.75 Å². The van der Waals surface area contributed by atoms with E-state index in [1.807, 2.05) is 6.07 Å². The lowest BCUT2D eigenvalue weighted by Gasteiger charge is -2.36. The summed E-state index contributed by atoms with van der Waals surface area (Å²) in [5.41, 5.74) is 4.37. The number of carbonyl (C=O) groups excluding carboxylic acids is 1. The minimum atomic E-state index is 0.166. The number of hydrogen-bond acceptors (Lipinski definition) is 4. The van der Waals surface area contributed by atoms with Gasteiger partial charge in [-0.25, -0.2) is 0 Å². The van der Waals surface area contributed by atoms with Crippen LogP contribution >= 0.6 is 0 Å². The first kappa shape index (κ1) is 25.3. The lowest BCUT2D eigenvalue weighted by molar-refractivity contribution is -0.105. The Bertz CT molecular complexity index is 841. The predicted molar refractivity (Wildman–Crippen MR) is 137 cm³/mol. The molecule has 0 aromatic heterocycles. The largest absolute Gasteiger partial charge is 0.506 e. The molecule has 180 valence electrons. The number of hydrogen-bond donors (Lipinski definition) is 3. The van der Waals surface area contributed by atoms with Gasteiger partial charge in [-0.2, -0.15) is 0 Å². The van der Waals surface area contributed by atoms with Gasteiger partial charge in [0.15, 0.2) is 0 Å². The number of fused-ring (bicyclic) bond motifs is 1. The maximum absolute atomic E-state index is 10.9. The van der Waals surface area contributed by atoms with Gasteiger partial charge in [-0.1, -0.05) is 56.2 Å². The zero-order valence-corrected chi connectivity index (χ0v) is 20.2. The Morgan fingerprint density at radius 1 is 1.03 bits per heavy atom. The molecule has 2 aromatic rings. The highest BCUT2D eigenvalue weighted by Gasteiger charge is 2.26. The van der Waals surface area contributed by atoms with Crippen LogP contribution in [0.2, 0.25) is 0 Å². The molecule has 1 amide bonds. The van der Waals surface area contributed by atoms with E-state index in [1.54, 1.807) is 6.07 Å². The van der Waals surface area contributed by atoms with Gasteiger partial charge in [0.05, 0.1) is 5.69 Å². The zero-order chi connectivity index (χ0) is 23.3. The van der Waals surface area contributed by atoms with Gasteiger partial charge in [0.1, 0.15) is 5.75 Å². The van der Waals surface area contributed by atoms with Gasteiger partial charge in [0, 0.05) is 6.04 Å². The highest BCUT2D eigenvalue weighted by Crippen LogP contribution is 2.35. The molecule has 0 radical (unpaired) electrons. The van der Waals surface area contributed by atoms with Crippen LogP contribution in [0.25, 0.3) is 0 Å². The van der Waals surface area contributed by atoms with Crippen LogP contribution in [-0.4, -0.2) is 48.6 Å². The summed E-state index contributed by atoms with van der Waals surface area (Å²) in [6, 6.07) is 15.0. The van der Waals surface area contributed by atoms with Crippen molar-refractivity contribution in [2.45, 2.75) is 70.8 Å². The van der Waals surface area contributed by atoms with Crippen molar-refractivity contribution < 1.29 is 9.90 Å². The van der Waals surface area contributed by atoms with E-state index in [4.69, 9.17) is 0 Å². The van der Waals surface area contributed by atoms with E-state index in [0.717, 1.165) is 57.4 Å². The number of unbranched alkanes of at least 4 members (excludes halogenated alkanes) is 3. The number of rotatable bonds is 15. The van der Waals surface area contributed by atoms with E-state index < -0.39 is 0 Å². The van der Waals surface area contributed by atoms with E-state index in [1.165, 1.54) is 43.2 Å². The Kier molecular flexibility index (Phi) is 10.7. The SMILES string of the molecule is CCCN(CCCCCCNCCc1ccccc1)[C@H]1CCc2c(ccc(O)c2NC=O)C1. The summed E-state index contributed by atoms with van der Waals surface area (Å²) in [6.45, 7) is 6.72. The summed E-state index contributed by atoms with van der Waals surface area (Å²) < 4.78 is 0.